The van der Waals surface area contributed by atoms with Crippen LogP contribution in [0.15, 0.2) is 54.3 Å². The van der Waals surface area contributed by atoms with Gasteiger partial charge >= 0.3 is 0 Å². The molecule has 1 fully saturated rings. The number of ether oxygens (including phenoxy) is 2. The van der Waals surface area contributed by atoms with Gasteiger partial charge in [-0.2, -0.15) is 0 Å². The van der Waals surface area contributed by atoms with Gasteiger partial charge in [0.2, 0.25) is 0 Å². The number of aromatic nitrogens is 2. The lowest BCUT2D eigenvalue weighted by atomic mass is 10.0. The minimum atomic E-state index is 0.0280. The van der Waals surface area contributed by atoms with Gasteiger partial charge in [-0.25, -0.2) is 4.98 Å². The Morgan fingerprint density at radius 2 is 2.06 bits per heavy atom. The van der Waals surface area contributed by atoms with E-state index in [1.807, 2.05) is 38.2 Å². The summed E-state index contributed by atoms with van der Waals surface area (Å²) in [6.07, 6.45) is 8.25. The Morgan fingerprint density at radius 3 is 2.72 bits per heavy atom. The van der Waals surface area contributed by atoms with Crippen LogP contribution in [-0.4, -0.2) is 73.7 Å². The lowest BCUT2D eigenvalue weighted by molar-refractivity contribution is 0.00400. The van der Waals surface area contributed by atoms with Crippen molar-refractivity contribution in [1.82, 2.24) is 20.2 Å². The Balaban J connectivity index is 1.69. The van der Waals surface area contributed by atoms with Gasteiger partial charge in [-0.15, -0.1) is 0 Å². The predicted molar refractivity (Wildman–Crippen MR) is 145 cm³/mol. The molecule has 10 nitrogen and oxygen atoms in total. The van der Waals surface area contributed by atoms with Gasteiger partial charge in [0.15, 0.2) is 0 Å². The fourth-order valence-electron chi connectivity index (χ4n) is 3.81. The number of fused-ring (bicyclic) bond motifs is 1. The third-order valence-electron chi connectivity index (χ3n) is 5.98. The zero-order chi connectivity index (χ0) is 25.9. The quantitative estimate of drug-likeness (QED) is 0.221. The molecule has 2 aromatic rings. The number of nitrogens with zero attached hydrogens (tertiary/aromatic N) is 3. The fraction of sp³-hybridized carbons (Fsp3) is 0.423. The van der Waals surface area contributed by atoms with Crippen molar-refractivity contribution < 1.29 is 9.47 Å². The van der Waals surface area contributed by atoms with Crippen LogP contribution in [0, 0.1) is 11.3 Å². The molecule has 1 atom stereocenters. The molecule has 0 aromatic carbocycles. The minimum absolute atomic E-state index is 0.0280. The Kier molecular flexibility index (Phi) is 10.2. The summed E-state index contributed by atoms with van der Waals surface area (Å²) >= 11 is 0. The van der Waals surface area contributed by atoms with E-state index in [-0.39, 0.29) is 12.0 Å². The summed E-state index contributed by atoms with van der Waals surface area (Å²) in [7, 11) is 1.72. The van der Waals surface area contributed by atoms with Gasteiger partial charge in [0.1, 0.15) is 11.6 Å². The van der Waals surface area contributed by atoms with Crippen LogP contribution in [0.25, 0.3) is 16.6 Å². The minimum Gasteiger partial charge on any atom is -0.404 e. The van der Waals surface area contributed by atoms with Crippen molar-refractivity contribution in [3.63, 3.8) is 0 Å². The molecule has 0 bridgehead atoms. The first kappa shape index (κ1) is 27.1. The molecule has 1 saturated heterocycles. The van der Waals surface area contributed by atoms with Crippen molar-refractivity contribution in [2.45, 2.75) is 20.0 Å². The smallest absolute Gasteiger partial charge is 0.132 e. The van der Waals surface area contributed by atoms with Gasteiger partial charge in [-0.05, 0) is 42.0 Å². The van der Waals surface area contributed by atoms with Gasteiger partial charge in [-0.3, -0.25) is 9.88 Å². The molecule has 2 aromatic heterocycles. The SMILES string of the molecule is COC(CN/C=C(\C=N)c1cnc2ccc(N/C(N)=C/C(=C\N)C(C)C)nc2c1)CN1CCOCC1. The van der Waals surface area contributed by atoms with Crippen LogP contribution >= 0.6 is 0 Å². The van der Waals surface area contributed by atoms with Gasteiger partial charge < -0.3 is 37.0 Å². The highest BCUT2D eigenvalue weighted by atomic mass is 16.5. The van der Waals surface area contributed by atoms with E-state index >= 15 is 0 Å². The number of rotatable bonds is 12. The number of hydrogen-bond donors (Lipinski definition) is 5. The highest BCUT2D eigenvalue weighted by Crippen LogP contribution is 2.19. The number of pyridine rings is 2. The first-order chi connectivity index (χ1) is 17.4. The van der Waals surface area contributed by atoms with Crippen LogP contribution in [-0.2, 0) is 9.47 Å². The van der Waals surface area contributed by atoms with E-state index in [1.54, 1.807) is 25.6 Å². The van der Waals surface area contributed by atoms with Crippen LogP contribution in [0.2, 0.25) is 0 Å². The van der Waals surface area contributed by atoms with Crippen LogP contribution in [0.4, 0.5) is 5.82 Å². The first-order valence-electron chi connectivity index (χ1n) is 12.1. The van der Waals surface area contributed by atoms with Crippen molar-refractivity contribution in [3.05, 3.63) is 59.8 Å². The molecule has 0 spiro atoms. The number of anilines is 1. The number of nitrogens with two attached hydrogens (primary N) is 2. The lowest BCUT2D eigenvalue weighted by Gasteiger charge is -2.29. The molecule has 7 N–H and O–H groups in total. The zero-order valence-electron chi connectivity index (χ0n) is 21.3. The molecule has 1 unspecified atom stereocenters. The summed E-state index contributed by atoms with van der Waals surface area (Å²) in [5, 5.41) is 14.3. The maximum Gasteiger partial charge on any atom is 0.132 e. The van der Waals surface area contributed by atoms with E-state index in [4.69, 9.17) is 26.4 Å². The Morgan fingerprint density at radius 1 is 1.28 bits per heavy atom. The summed E-state index contributed by atoms with van der Waals surface area (Å²) in [4.78, 5) is 11.5. The van der Waals surface area contributed by atoms with Crippen LogP contribution in [0.5, 0.6) is 0 Å². The molecular weight excluding hydrogens is 456 g/mol. The summed E-state index contributed by atoms with van der Waals surface area (Å²) in [5.41, 5.74) is 15.7. The molecule has 0 aliphatic carbocycles. The third-order valence-corrected chi connectivity index (χ3v) is 5.98. The maximum absolute atomic E-state index is 7.91. The summed E-state index contributed by atoms with van der Waals surface area (Å²) in [6.45, 7) is 8.90. The van der Waals surface area contributed by atoms with Crippen LogP contribution in [0.3, 0.4) is 0 Å². The molecule has 194 valence electrons. The number of methoxy groups -OCH3 is 1. The highest BCUT2D eigenvalue weighted by molar-refractivity contribution is 6.08. The molecule has 3 heterocycles. The second kappa shape index (κ2) is 13.6. The van der Waals surface area contributed by atoms with E-state index in [0.717, 1.165) is 49.5 Å². The van der Waals surface area contributed by atoms with Gasteiger partial charge in [0, 0.05) is 63.0 Å². The van der Waals surface area contributed by atoms with E-state index in [9.17, 15) is 0 Å². The molecular formula is C26H38N8O2. The van der Waals surface area contributed by atoms with Gasteiger partial charge in [0.05, 0.1) is 30.4 Å². The fourth-order valence-corrected chi connectivity index (χ4v) is 3.81. The molecule has 0 amide bonds. The Bertz CT molecular complexity index is 1110. The zero-order valence-corrected chi connectivity index (χ0v) is 21.3. The van der Waals surface area contributed by atoms with E-state index in [0.29, 0.717) is 29.3 Å². The second-order valence-corrected chi connectivity index (χ2v) is 8.93. The third kappa shape index (κ3) is 7.77. The molecule has 10 heteroatoms. The monoisotopic (exact) mass is 494 g/mol. The van der Waals surface area contributed by atoms with E-state index < -0.39 is 0 Å². The highest BCUT2D eigenvalue weighted by Gasteiger charge is 2.16. The van der Waals surface area contributed by atoms with Crippen molar-refractivity contribution in [2.75, 3.05) is 51.8 Å². The Hall–Kier alpha value is -3.47. The van der Waals surface area contributed by atoms with Crippen molar-refractivity contribution in [3.8, 4) is 0 Å². The molecule has 1 aliphatic heterocycles. The lowest BCUT2D eigenvalue weighted by Crippen LogP contribution is -2.44. The summed E-state index contributed by atoms with van der Waals surface area (Å²) in [5.74, 6) is 1.30. The number of morpholine rings is 1. The van der Waals surface area contributed by atoms with Crippen LogP contribution in [0.1, 0.15) is 19.4 Å². The second-order valence-electron chi connectivity index (χ2n) is 8.93. The molecule has 36 heavy (non-hydrogen) atoms. The largest absolute Gasteiger partial charge is 0.404 e. The number of allylic oxidation sites excluding steroid dienone is 3. The molecule has 3 rings (SSSR count). The maximum atomic E-state index is 7.91. The average Bonchev–Trinajstić information content (AvgIpc) is 2.89. The van der Waals surface area contributed by atoms with Crippen LogP contribution < -0.4 is 22.1 Å². The topological polar surface area (TPSA) is 147 Å². The standard InChI is InChI=1S/C26H38N8O2/c1-18(2)19(12-27)11-25(29)33-26-5-4-23-24(32-26)10-20(15-31-23)21(13-28)14-30-16-22(35-3)17-34-6-8-36-9-7-34/h4-5,10-15,18,22,28,30H,6-9,16-17,27,29H2,1-3H3,(H,32,33)/b19-12+,21-14+,25-11+,28-13?. The Labute approximate surface area is 212 Å². The molecule has 0 radical (unpaired) electrons. The average molecular weight is 495 g/mol. The van der Waals surface area contributed by atoms with Gasteiger partial charge in [-0.1, -0.05) is 13.8 Å². The van der Waals surface area contributed by atoms with E-state index in [1.165, 1.54) is 6.21 Å². The van der Waals surface area contributed by atoms with Crippen molar-refractivity contribution in [2.24, 2.45) is 17.4 Å². The van der Waals surface area contributed by atoms with E-state index in [2.05, 4.69) is 25.5 Å². The number of hydrogen-bond acceptors (Lipinski definition) is 10. The summed E-state index contributed by atoms with van der Waals surface area (Å²) < 4.78 is 11.0. The van der Waals surface area contributed by atoms with Crippen molar-refractivity contribution in [1.29, 1.82) is 5.41 Å². The normalized spacial score (nSPS) is 16.8. The molecule has 0 saturated carbocycles. The predicted octanol–water partition coefficient (Wildman–Crippen LogP) is 2.27. The van der Waals surface area contributed by atoms with Gasteiger partial charge in [0.25, 0.3) is 0 Å². The molecule has 1 aliphatic rings. The first-order valence-corrected chi connectivity index (χ1v) is 12.1. The summed E-state index contributed by atoms with van der Waals surface area (Å²) in [6, 6.07) is 5.61. The van der Waals surface area contributed by atoms with Crippen molar-refractivity contribution >= 4 is 28.6 Å². The number of nitrogens with one attached hydrogen (secondary N) is 3.